The van der Waals surface area contributed by atoms with Gasteiger partial charge < -0.3 is 20.1 Å². The summed E-state index contributed by atoms with van der Waals surface area (Å²) in [5, 5.41) is 5.78. The molecule has 6 nitrogen and oxygen atoms in total. The number of rotatable bonds is 8. The third kappa shape index (κ3) is 6.46. The Kier molecular flexibility index (Phi) is 7.69. The van der Waals surface area contributed by atoms with Crippen LogP contribution in [0.3, 0.4) is 0 Å². The zero-order valence-corrected chi connectivity index (χ0v) is 13.8. The van der Waals surface area contributed by atoms with Gasteiger partial charge in [-0.15, -0.1) is 0 Å². The molecule has 1 aromatic carbocycles. The Morgan fingerprint density at radius 1 is 1.22 bits per heavy atom. The predicted octanol–water partition coefficient (Wildman–Crippen LogP) is 1.26. The molecule has 1 fully saturated rings. The van der Waals surface area contributed by atoms with Crippen LogP contribution in [0.1, 0.15) is 12.0 Å². The molecule has 6 heteroatoms. The molecule has 2 N–H and O–H groups in total. The summed E-state index contributed by atoms with van der Waals surface area (Å²) in [4.78, 5) is 14.1. The third-order valence-corrected chi connectivity index (χ3v) is 3.91. The first-order chi connectivity index (χ1) is 11.3. The van der Waals surface area contributed by atoms with E-state index in [1.807, 2.05) is 24.3 Å². The van der Waals surface area contributed by atoms with Crippen LogP contribution in [-0.2, 0) is 11.2 Å². The molecule has 0 aromatic heterocycles. The molecular formula is C17H27N3O3. The van der Waals surface area contributed by atoms with Crippen LogP contribution in [0.5, 0.6) is 5.75 Å². The molecule has 0 radical (unpaired) electrons. The minimum atomic E-state index is -0.109. The van der Waals surface area contributed by atoms with Gasteiger partial charge in [-0.2, -0.15) is 0 Å². The van der Waals surface area contributed by atoms with Crippen LogP contribution in [0.4, 0.5) is 4.79 Å². The van der Waals surface area contributed by atoms with Gasteiger partial charge in [0.15, 0.2) is 0 Å². The smallest absolute Gasteiger partial charge is 0.314 e. The molecule has 1 aliphatic heterocycles. The molecule has 128 valence electrons. The molecule has 0 atom stereocenters. The van der Waals surface area contributed by atoms with E-state index >= 15 is 0 Å². The van der Waals surface area contributed by atoms with Crippen molar-refractivity contribution in [3.63, 3.8) is 0 Å². The van der Waals surface area contributed by atoms with E-state index in [1.54, 1.807) is 7.11 Å². The topological polar surface area (TPSA) is 62.8 Å². The Hall–Kier alpha value is -1.79. The quantitative estimate of drug-likeness (QED) is 0.708. The van der Waals surface area contributed by atoms with Crippen molar-refractivity contribution < 1.29 is 14.3 Å². The van der Waals surface area contributed by atoms with Crippen molar-refractivity contribution in [3.05, 3.63) is 29.8 Å². The molecule has 0 aliphatic carbocycles. The lowest BCUT2D eigenvalue weighted by molar-refractivity contribution is 0.0375. The first-order valence-corrected chi connectivity index (χ1v) is 8.23. The van der Waals surface area contributed by atoms with Crippen molar-refractivity contribution in [1.82, 2.24) is 15.5 Å². The summed E-state index contributed by atoms with van der Waals surface area (Å²) in [6.07, 6.45) is 1.71. The van der Waals surface area contributed by atoms with E-state index in [0.717, 1.165) is 57.0 Å². The van der Waals surface area contributed by atoms with Gasteiger partial charge in [-0.05, 0) is 31.0 Å². The van der Waals surface area contributed by atoms with Crippen LogP contribution in [0.15, 0.2) is 24.3 Å². The maximum Gasteiger partial charge on any atom is 0.314 e. The Labute approximate surface area is 138 Å². The lowest BCUT2D eigenvalue weighted by atomic mass is 10.1. The summed E-state index contributed by atoms with van der Waals surface area (Å²) in [5.41, 5.74) is 1.10. The molecule has 0 unspecified atom stereocenters. The SMILES string of the molecule is COc1ccccc1CCNC(=O)NCCCN1CCOCC1. The van der Waals surface area contributed by atoms with E-state index in [0.29, 0.717) is 13.1 Å². The summed E-state index contributed by atoms with van der Waals surface area (Å²) < 4.78 is 10.6. The van der Waals surface area contributed by atoms with Crippen molar-refractivity contribution in [1.29, 1.82) is 0 Å². The maximum atomic E-state index is 11.8. The predicted molar refractivity (Wildman–Crippen MR) is 90.0 cm³/mol. The zero-order chi connectivity index (χ0) is 16.3. The molecule has 1 aromatic rings. The first-order valence-electron chi connectivity index (χ1n) is 8.23. The Bertz CT molecular complexity index is 476. The molecule has 0 bridgehead atoms. The highest BCUT2D eigenvalue weighted by Gasteiger charge is 2.09. The number of carbonyl (C=O) groups is 1. The summed E-state index contributed by atoms with van der Waals surface area (Å²) in [7, 11) is 1.66. The summed E-state index contributed by atoms with van der Waals surface area (Å²) >= 11 is 0. The molecule has 2 rings (SSSR count). The molecule has 1 heterocycles. The third-order valence-electron chi connectivity index (χ3n) is 3.91. The second-order valence-electron chi connectivity index (χ2n) is 5.55. The van der Waals surface area contributed by atoms with E-state index in [-0.39, 0.29) is 6.03 Å². The fraction of sp³-hybridized carbons (Fsp3) is 0.588. The number of hydrogen-bond donors (Lipinski definition) is 2. The number of hydrogen-bond acceptors (Lipinski definition) is 4. The second-order valence-corrected chi connectivity index (χ2v) is 5.55. The molecule has 1 aliphatic rings. The number of morpholine rings is 1. The van der Waals surface area contributed by atoms with Gasteiger partial charge in [0.25, 0.3) is 0 Å². The fourth-order valence-electron chi connectivity index (χ4n) is 2.61. The molecular weight excluding hydrogens is 294 g/mol. The molecule has 0 saturated carbocycles. The molecule has 2 amide bonds. The van der Waals surface area contributed by atoms with Crippen molar-refractivity contribution in [2.24, 2.45) is 0 Å². The van der Waals surface area contributed by atoms with Gasteiger partial charge in [-0.3, -0.25) is 4.90 Å². The summed E-state index contributed by atoms with van der Waals surface area (Å²) in [6, 6.07) is 7.75. The van der Waals surface area contributed by atoms with Gasteiger partial charge in [0.2, 0.25) is 0 Å². The summed E-state index contributed by atoms with van der Waals surface area (Å²) in [5.74, 6) is 0.861. The number of ether oxygens (including phenoxy) is 2. The van der Waals surface area contributed by atoms with Crippen LogP contribution >= 0.6 is 0 Å². The fourth-order valence-corrected chi connectivity index (χ4v) is 2.61. The minimum Gasteiger partial charge on any atom is -0.496 e. The lowest BCUT2D eigenvalue weighted by Gasteiger charge is -2.26. The summed E-state index contributed by atoms with van der Waals surface area (Å²) in [6.45, 7) is 5.91. The molecule has 1 saturated heterocycles. The monoisotopic (exact) mass is 321 g/mol. The maximum absolute atomic E-state index is 11.8. The zero-order valence-electron chi connectivity index (χ0n) is 13.8. The number of benzene rings is 1. The highest BCUT2D eigenvalue weighted by Crippen LogP contribution is 2.17. The Morgan fingerprint density at radius 3 is 2.74 bits per heavy atom. The van der Waals surface area contributed by atoms with Crippen LogP contribution < -0.4 is 15.4 Å². The number of urea groups is 1. The van der Waals surface area contributed by atoms with Crippen molar-refractivity contribution in [3.8, 4) is 5.75 Å². The van der Waals surface area contributed by atoms with Crippen molar-refractivity contribution in [2.75, 3.05) is 53.0 Å². The van der Waals surface area contributed by atoms with E-state index in [2.05, 4.69) is 15.5 Å². The number of carbonyl (C=O) groups excluding carboxylic acids is 1. The van der Waals surface area contributed by atoms with Gasteiger partial charge >= 0.3 is 6.03 Å². The van der Waals surface area contributed by atoms with Gasteiger partial charge in [-0.1, -0.05) is 18.2 Å². The standard InChI is InChI=1S/C17H27N3O3/c1-22-16-6-3-2-5-15(16)7-9-19-17(21)18-8-4-10-20-11-13-23-14-12-20/h2-3,5-6H,4,7-14H2,1H3,(H2,18,19,21). The van der Waals surface area contributed by atoms with Gasteiger partial charge in [-0.25, -0.2) is 4.79 Å². The number of methoxy groups -OCH3 is 1. The van der Waals surface area contributed by atoms with Gasteiger partial charge in [0.1, 0.15) is 5.75 Å². The van der Waals surface area contributed by atoms with Gasteiger partial charge in [0.05, 0.1) is 20.3 Å². The average Bonchev–Trinajstić information content (AvgIpc) is 2.60. The second kappa shape index (κ2) is 10.1. The highest BCUT2D eigenvalue weighted by molar-refractivity contribution is 5.73. The van der Waals surface area contributed by atoms with Crippen molar-refractivity contribution >= 4 is 6.03 Å². The van der Waals surface area contributed by atoms with Crippen LogP contribution in [0, 0.1) is 0 Å². The minimum absolute atomic E-state index is 0.109. The Balaban J connectivity index is 1.54. The van der Waals surface area contributed by atoms with Crippen LogP contribution in [-0.4, -0.2) is 64.0 Å². The van der Waals surface area contributed by atoms with Crippen LogP contribution in [0.2, 0.25) is 0 Å². The van der Waals surface area contributed by atoms with E-state index < -0.39 is 0 Å². The number of para-hydroxylation sites is 1. The molecule has 23 heavy (non-hydrogen) atoms. The number of nitrogens with one attached hydrogen (secondary N) is 2. The first kappa shape index (κ1) is 17.6. The van der Waals surface area contributed by atoms with Gasteiger partial charge in [0, 0.05) is 26.2 Å². The molecule has 0 spiro atoms. The number of amides is 2. The highest BCUT2D eigenvalue weighted by atomic mass is 16.5. The van der Waals surface area contributed by atoms with E-state index in [9.17, 15) is 4.79 Å². The van der Waals surface area contributed by atoms with Crippen molar-refractivity contribution in [2.45, 2.75) is 12.8 Å². The lowest BCUT2D eigenvalue weighted by Crippen LogP contribution is -2.40. The number of nitrogens with zero attached hydrogens (tertiary/aromatic N) is 1. The largest absolute Gasteiger partial charge is 0.496 e. The average molecular weight is 321 g/mol. The van der Waals surface area contributed by atoms with E-state index in [1.165, 1.54) is 0 Å². The Morgan fingerprint density at radius 2 is 1.96 bits per heavy atom. The van der Waals surface area contributed by atoms with Crippen LogP contribution in [0.25, 0.3) is 0 Å². The van der Waals surface area contributed by atoms with E-state index in [4.69, 9.17) is 9.47 Å². The normalized spacial score (nSPS) is 15.2.